The molecule has 1 aliphatic carbocycles. The van der Waals surface area contributed by atoms with Crippen LogP contribution in [0.3, 0.4) is 0 Å². The van der Waals surface area contributed by atoms with Gasteiger partial charge >= 0.3 is 0 Å². The summed E-state index contributed by atoms with van der Waals surface area (Å²) in [6.07, 6.45) is 7.01. The maximum Gasteiger partial charge on any atom is 0.243 e. The number of piperidine rings is 2. The first-order valence-corrected chi connectivity index (χ1v) is 12.5. The molecule has 6 heterocycles. The van der Waals surface area contributed by atoms with Crippen LogP contribution in [0.4, 0.5) is 5.69 Å². The zero-order valence-corrected chi connectivity index (χ0v) is 20.7. The van der Waals surface area contributed by atoms with Crippen LogP contribution in [0.15, 0.2) is 24.5 Å². The van der Waals surface area contributed by atoms with Crippen LogP contribution in [0, 0.1) is 11.3 Å². The Kier molecular flexibility index (Phi) is 3.55. The molecule has 1 N–H and O–H groups in total. The molecule has 2 amide bonds. The Hall–Kier alpha value is -2.54. The number of nitrogens with zero attached hydrogens (tertiary/aromatic N) is 2. The Balaban J connectivity index is 1.42. The monoisotopic (exact) mass is 463 g/mol. The van der Waals surface area contributed by atoms with Crippen LogP contribution < -0.4 is 14.8 Å². The minimum absolute atomic E-state index is 0.0164. The third kappa shape index (κ3) is 2.03. The molecule has 5 fully saturated rings. The van der Waals surface area contributed by atoms with Crippen LogP contribution in [0.2, 0.25) is 0 Å². The topological polar surface area (TPSA) is 71.1 Å². The number of carbonyl (C=O) groups excluding carboxylic acids is 2. The van der Waals surface area contributed by atoms with E-state index >= 15 is 0 Å². The van der Waals surface area contributed by atoms with Crippen LogP contribution in [-0.2, 0) is 15.0 Å². The fourth-order valence-electron chi connectivity index (χ4n) is 8.74. The molecule has 6 aliphatic heterocycles. The highest BCUT2D eigenvalue weighted by Gasteiger charge is 2.79. The maximum atomic E-state index is 14.1. The summed E-state index contributed by atoms with van der Waals surface area (Å²) in [6.45, 7) is 10.3. The summed E-state index contributed by atoms with van der Waals surface area (Å²) in [5.74, 6) is 1.71. The van der Waals surface area contributed by atoms with Crippen molar-refractivity contribution in [2.24, 2.45) is 11.3 Å². The van der Waals surface area contributed by atoms with E-state index in [0.717, 1.165) is 43.6 Å². The molecule has 8 rings (SSSR count). The van der Waals surface area contributed by atoms with Gasteiger partial charge in [-0.15, -0.1) is 0 Å². The first-order valence-electron chi connectivity index (χ1n) is 12.5. The average Bonchev–Trinajstić information content (AvgIpc) is 3.33. The van der Waals surface area contributed by atoms with Crippen molar-refractivity contribution in [2.75, 3.05) is 25.5 Å². The van der Waals surface area contributed by atoms with Gasteiger partial charge in [-0.3, -0.25) is 14.5 Å². The number of fused-ring (bicyclic) bond motifs is 5. The lowest BCUT2D eigenvalue weighted by Gasteiger charge is -2.64. The molecule has 1 aromatic carbocycles. The van der Waals surface area contributed by atoms with E-state index in [2.05, 4.69) is 30.1 Å². The lowest BCUT2D eigenvalue weighted by atomic mass is 9.57. The number of nitrogens with one attached hydrogen (secondary N) is 1. The number of hydrogen-bond donors (Lipinski definition) is 1. The Labute approximate surface area is 200 Å². The lowest BCUT2D eigenvalue weighted by molar-refractivity contribution is -0.184. The second-order valence-electron chi connectivity index (χ2n) is 12.5. The highest BCUT2D eigenvalue weighted by molar-refractivity contribution is 6.09. The Morgan fingerprint density at radius 2 is 1.94 bits per heavy atom. The van der Waals surface area contributed by atoms with Gasteiger partial charge in [0.25, 0.3) is 0 Å². The smallest absolute Gasteiger partial charge is 0.243 e. The van der Waals surface area contributed by atoms with Gasteiger partial charge in [0, 0.05) is 13.6 Å². The van der Waals surface area contributed by atoms with Gasteiger partial charge in [-0.05, 0) is 75.1 Å². The number of ether oxygens (including phenoxy) is 2. The number of rotatable bonds is 0. The normalized spacial score (nSPS) is 40.3. The molecule has 3 spiro atoms. The second-order valence-corrected chi connectivity index (χ2v) is 12.5. The van der Waals surface area contributed by atoms with E-state index in [-0.39, 0.29) is 34.2 Å². The van der Waals surface area contributed by atoms with Crippen LogP contribution >= 0.6 is 0 Å². The standard InChI is InChI=1S/C27H33N3O4/c1-23(2)10-12-33-20-17(34-23)8-7-16-19(20)28-21(31)27(16)14-26-15-30-11-6-9-25(30,22(32)29(26)5)13-18(26)24(27,3)4/h7-8,10,12,18H,6,9,11,13-15H2,1-5H3,(H,28,31)/t18?,25-,26+,27+/m0/s1. The third-order valence-corrected chi connectivity index (χ3v) is 10.4. The van der Waals surface area contributed by atoms with E-state index in [1.54, 1.807) is 6.26 Å². The molecule has 4 saturated heterocycles. The molecular weight excluding hydrogens is 430 g/mol. The highest BCUT2D eigenvalue weighted by Crippen LogP contribution is 2.72. The third-order valence-electron chi connectivity index (χ3n) is 10.4. The van der Waals surface area contributed by atoms with Crippen molar-refractivity contribution in [3.05, 3.63) is 30.0 Å². The van der Waals surface area contributed by atoms with E-state index in [1.165, 1.54) is 0 Å². The number of benzene rings is 1. The average molecular weight is 464 g/mol. The highest BCUT2D eigenvalue weighted by atomic mass is 16.5. The minimum Gasteiger partial charge on any atom is -0.480 e. The summed E-state index contributed by atoms with van der Waals surface area (Å²) in [5, 5.41) is 3.21. The summed E-state index contributed by atoms with van der Waals surface area (Å²) in [4.78, 5) is 32.3. The quantitative estimate of drug-likeness (QED) is 0.638. The Bertz CT molecular complexity index is 1200. The van der Waals surface area contributed by atoms with Gasteiger partial charge in [-0.2, -0.15) is 0 Å². The van der Waals surface area contributed by atoms with E-state index in [4.69, 9.17) is 9.47 Å². The predicted octanol–water partition coefficient (Wildman–Crippen LogP) is 3.44. The van der Waals surface area contributed by atoms with Crippen molar-refractivity contribution in [3.63, 3.8) is 0 Å². The van der Waals surface area contributed by atoms with E-state index in [9.17, 15) is 9.59 Å². The van der Waals surface area contributed by atoms with Crippen molar-refractivity contribution >= 4 is 17.5 Å². The van der Waals surface area contributed by atoms with Crippen LogP contribution in [0.5, 0.6) is 11.5 Å². The van der Waals surface area contributed by atoms with Crippen LogP contribution in [0.25, 0.3) is 0 Å². The fourth-order valence-corrected chi connectivity index (χ4v) is 8.74. The van der Waals surface area contributed by atoms with Gasteiger partial charge < -0.3 is 19.7 Å². The second kappa shape index (κ2) is 5.81. The van der Waals surface area contributed by atoms with Crippen LogP contribution in [0.1, 0.15) is 58.9 Å². The number of likely N-dealkylation sites (N-methyl/N-ethyl adjacent to an activating group) is 1. The summed E-state index contributed by atoms with van der Waals surface area (Å²) in [6, 6.07) is 4.00. The molecule has 1 saturated carbocycles. The van der Waals surface area contributed by atoms with Gasteiger partial charge in [0.1, 0.15) is 11.1 Å². The number of carbonyl (C=O) groups is 2. The SMILES string of the molecule is CN1C(=O)[C@@]23CCCN2C[C@@]12C[C@@]1(C(=O)Nc4c1ccc1c4OC=CC(C)(C)O1)C(C)(C)C2C3. The molecule has 2 bridgehead atoms. The zero-order chi connectivity index (χ0) is 23.9. The summed E-state index contributed by atoms with van der Waals surface area (Å²) in [5.41, 5.74) is -0.627. The zero-order valence-electron chi connectivity index (χ0n) is 20.7. The molecule has 180 valence electrons. The summed E-state index contributed by atoms with van der Waals surface area (Å²) < 4.78 is 12.2. The molecule has 7 nitrogen and oxygen atoms in total. The van der Waals surface area contributed by atoms with Crippen molar-refractivity contribution < 1.29 is 19.1 Å². The van der Waals surface area contributed by atoms with Gasteiger partial charge in [-0.1, -0.05) is 19.9 Å². The molecule has 1 aromatic rings. The van der Waals surface area contributed by atoms with Gasteiger partial charge in [0.05, 0.1) is 22.9 Å². The molecule has 0 radical (unpaired) electrons. The van der Waals surface area contributed by atoms with E-state index < -0.39 is 11.0 Å². The first-order chi connectivity index (χ1) is 16.0. The minimum atomic E-state index is -0.739. The number of anilines is 1. The largest absolute Gasteiger partial charge is 0.480 e. The Morgan fingerprint density at radius 3 is 2.74 bits per heavy atom. The molecule has 0 aromatic heterocycles. The molecule has 1 unspecified atom stereocenters. The van der Waals surface area contributed by atoms with Gasteiger partial charge in [-0.25, -0.2) is 0 Å². The van der Waals surface area contributed by atoms with E-state index in [0.29, 0.717) is 17.9 Å². The molecule has 7 heteroatoms. The lowest BCUT2D eigenvalue weighted by Crippen LogP contribution is -2.78. The Morgan fingerprint density at radius 1 is 1.15 bits per heavy atom. The first kappa shape index (κ1) is 20.8. The van der Waals surface area contributed by atoms with E-state index in [1.807, 2.05) is 37.9 Å². The fraction of sp³-hybridized carbons (Fsp3) is 0.630. The predicted molar refractivity (Wildman–Crippen MR) is 127 cm³/mol. The number of hydrogen-bond acceptors (Lipinski definition) is 5. The van der Waals surface area contributed by atoms with Gasteiger partial charge in [0.2, 0.25) is 11.8 Å². The number of amides is 2. The summed E-state index contributed by atoms with van der Waals surface area (Å²) in [7, 11) is 1.98. The van der Waals surface area contributed by atoms with Crippen molar-refractivity contribution in [2.45, 2.75) is 75.5 Å². The number of piperazine rings is 1. The van der Waals surface area contributed by atoms with Crippen molar-refractivity contribution in [3.8, 4) is 11.5 Å². The van der Waals surface area contributed by atoms with Crippen LogP contribution in [-0.4, -0.2) is 58.4 Å². The summed E-state index contributed by atoms with van der Waals surface area (Å²) >= 11 is 0. The maximum absolute atomic E-state index is 14.1. The van der Waals surface area contributed by atoms with Crippen molar-refractivity contribution in [1.82, 2.24) is 9.80 Å². The molecular formula is C27H33N3O4. The molecule has 7 aliphatic rings. The van der Waals surface area contributed by atoms with Gasteiger partial charge in [0.15, 0.2) is 11.5 Å². The van der Waals surface area contributed by atoms with Crippen molar-refractivity contribution in [1.29, 1.82) is 0 Å². The molecule has 34 heavy (non-hydrogen) atoms. The molecule has 4 atom stereocenters.